The highest BCUT2D eigenvalue weighted by molar-refractivity contribution is 7.22. The highest BCUT2D eigenvalue weighted by atomic mass is 35.5. The van der Waals surface area contributed by atoms with Crippen LogP contribution in [-0.2, 0) is 11.2 Å². The average Bonchev–Trinajstić information content (AvgIpc) is 3.56. The fourth-order valence-corrected chi connectivity index (χ4v) is 5.96. The van der Waals surface area contributed by atoms with Crippen LogP contribution >= 0.6 is 22.9 Å². The van der Waals surface area contributed by atoms with E-state index in [1.54, 1.807) is 32.4 Å². The van der Waals surface area contributed by atoms with Crippen molar-refractivity contribution in [3.05, 3.63) is 59.3 Å². The number of methoxy groups -OCH3 is 1. The van der Waals surface area contributed by atoms with Gasteiger partial charge in [0.25, 0.3) is 0 Å². The molecule has 3 aromatic heterocycles. The number of anilines is 1. The van der Waals surface area contributed by atoms with Gasteiger partial charge in [-0.2, -0.15) is 0 Å². The molecule has 6 rings (SSSR count). The Bertz CT molecular complexity index is 1820. The van der Waals surface area contributed by atoms with Crippen LogP contribution in [0.25, 0.3) is 31.7 Å². The van der Waals surface area contributed by atoms with E-state index in [9.17, 15) is 4.79 Å². The van der Waals surface area contributed by atoms with Crippen molar-refractivity contribution in [1.29, 1.82) is 0 Å². The van der Waals surface area contributed by atoms with E-state index < -0.39 is 17.5 Å². The molecule has 5 aromatic rings. The van der Waals surface area contributed by atoms with Crippen LogP contribution in [0.2, 0.25) is 5.02 Å². The van der Waals surface area contributed by atoms with Gasteiger partial charge < -0.3 is 24.1 Å². The fourth-order valence-electron chi connectivity index (χ4n) is 4.63. The van der Waals surface area contributed by atoms with Crippen molar-refractivity contribution in [1.82, 2.24) is 19.9 Å². The van der Waals surface area contributed by atoms with Gasteiger partial charge in [0.15, 0.2) is 11.6 Å². The molecular formula is C28H23ClFN5O6S. The van der Waals surface area contributed by atoms with Crippen molar-refractivity contribution in [2.45, 2.75) is 18.9 Å². The number of carbonyl (C=O) groups excluding carboxylic acids is 1. The Balaban J connectivity index is 1.21. The van der Waals surface area contributed by atoms with Crippen LogP contribution in [0.15, 0.2) is 42.9 Å². The van der Waals surface area contributed by atoms with Crippen LogP contribution in [0.5, 0.6) is 17.5 Å². The molecule has 1 amide bonds. The average molecular weight is 612 g/mol. The van der Waals surface area contributed by atoms with Crippen LogP contribution in [0.3, 0.4) is 0 Å². The molecule has 0 radical (unpaired) electrons. The van der Waals surface area contributed by atoms with Gasteiger partial charge in [-0.15, -0.1) is 11.3 Å². The zero-order valence-electron chi connectivity index (χ0n) is 22.3. The number of hydrogen-bond acceptors (Lipinski definition) is 11. The Hall–Kier alpha value is -4.33. The monoisotopic (exact) mass is 611 g/mol. The molecular weight excluding hydrogens is 589 g/mol. The van der Waals surface area contributed by atoms with Crippen molar-refractivity contribution in [3.8, 4) is 28.1 Å². The van der Waals surface area contributed by atoms with E-state index in [-0.39, 0.29) is 43.7 Å². The summed E-state index contributed by atoms with van der Waals surface area (Å²) < 4.78 is 37.8. The lowest BCUT2D eigenvalue weighted by Gasteiger charge is -2.23. The topological polar surface area (TPSA) is 138 Å². The number of carbonyl (C=O) groups is 1. The smallest absolute Gasteiger partial charge is 0.411 e. The van der Waals surface area contributed by atoms with E-state index in [1.807, 2.05) is 6.07 Å². The highest BCUT2D eigenvalue weighted by Crippen LogP contribution is 2.46. The summed E-state index contributed by atoms with van der Waals surface area (Å²) in [6.07, 6.45) is 3.83. The molecule has 1 aliphatic heterocycles. The zero-order valence-corrected chi connectivity index (χ0v) is 23.9. The largest absolute Gasteiger partial charge is 0.495 e. The maximum atomic E-state index is 15.2. The zero-order chi connectivity index (χ0) is 29.4. The lowest BCUT2D eigenvalue weighted by atomic mass is 10.00. The molecule has 0 fully saturated rings. The third kappa shape index (κ3) is 5.45. The molecule has 0 saturated heterocycles. The van der Waals surface area contributed by atoms with Gasteiger partial charge in [0.2, 0.25) is 0 Å². The minimum Gasteiger partial charge on any atom is -0.495 e. The molecule has 2 N–H and O–H groups in total. The quantitative estimate of drug-likeness (QED) is 0.234. The molecule has 11 nitrogen and oxygen atoms in total. The number of aliphatic hydroxyl groups excluding tert-OH is 1. The number of amides is 1. The molecule has 1 atom stereocenters. The predicted molar refractivity (Wildman–Crippen MR) is 154 cm³/mol. The normalized spacial score (nSPS) is 15.8. The summed E-state index contributed by atoms with van der Waals surface area (Å²) in [5, 5.41) is 13.2. The van der Waals surface area contributed by atoms with Gasteiger partial charge in [-0.05, 0) is 25.1 Å². The van der Waals surface area contributed by atoms with Crippen LogP contribution in [0, 0.1) is 5.82 Å². The number of halogens is 2. The van der Waals surface area contributed by atoms with Gasteiger partial charge >= 0.3 is 12.1 Å². The molecule has 216 valence electrons. The van der Waals surface area contributed by atoms with E-state index in [0.29, 0.717) is 37.9 Å². The molecule has 1 unspecified atom stereocenters. The minimum atomic E-state index is -1.02. The third-order valence-corrected chi connectivity index (χ3v) is 7.86. The summed E-state index contributed by atoms with van der Waals surface area (Å²) in [4.78, 5) is 29.6. The molecule has 4 heterocycles. The summed E-state index contributed by atoms with van der Waals surface area (Å²) in [6, 6.07) is 6.82. The Labute approximate surface area is 247 Å². The van der Waals surface area contributed by atoms with Gasteiger partial charge in [0, 0.05) is 34.0 Å². The second-order valence-corrected chi connectivity index (χ2v) is 11.1. The second-order valence-electron chi connectivity index (χ2n) is 9.69. The van der Waals surface area contributed by atoms with Crippen molar-refractivity contribution in [2.24, 2.45) is 0 Å². The molecule has 0 aliphatic carbocycles. The van der Waals surface area contributed by atoms with E-state index in [2.05, 4.69) is 20.3 Å². The Morgan fingerprint density at radius 3 is 2.79 bits per heavy atom. The van der Waals surface area contributed by atoms with E-state index >= 15 is 4.39 Å². The van der Waals surface area contributed by atoms with Crippen LogP contribution in [0.1, 0.15) is 12.5 Å². The Morgan fingerprint density at radius 2 is 2.02 bits per heavy atom. The first kappa shape index (κ1) is 27.8. The van der Waals surface area contributed by atoms with Crippen LogP contribution in [0.4, 0.5) is 14.9 Å². The number of pyridine rings is 1. The summed E-state index contributed by atoms with van der Waals surface area (Å²) in [5.74, 6) is 0.152. The van der Waals surface area contributed by atoms with Gasteiger partial charge in [-0.3, -0.25) is 10.3 Å². The van der Waals surface area contributed by atoms with Gasteiger partial charge in [-0.25, -0.2) is 24.1 Å². The number of ether oxygens (including phenoxy) is 4. The maximum Gasteiger partial charge on any atom is 0.411 e. The fraction of sp³-hybridized carbons (Fsp3) is 0.250. The Kier molecular flexibility index (Phi) is 7.39. The van der Waals surface area contributed by atoms with Gasteiger partial charge in [-0.1, -0.05) is 11.6 Å². The summed E-state index contributed by atoms with van der Waals surface area (Å²) in [6.45, 7) is 1.47. The number of benzene rings is 2. The number of fused-ring (bicyclic) bond motifs is 4. The lowest BCUT2D eigenvalue weighted by molar-refractivity contribution is 0.0315. The first-order chi connectivity index (χ1) is 20.2. The Morgan fingerprint density at radius 1 is 1.21 bits per heavy atom. The minimum absolute atomic E-state index is 0.0515. The maximum absolute atomic E-state index is 15.2. The molecule has 0 bridgehead atoms. The third-order valence-electron chi connectivity index (χ3n) is 6.48. The molecule has 14 heteroatoms. The number of nitrogens with one attached hydrogen (secondary N) is 1. The molecule has 0 saturated carbocycles. The number of thiazole rings is 1. The van der Waals surface area contributed by atoms with Crippen molar-refractivity contribution < 1.29 is 33.2 Å². The van der Waals surface area contributed by atoms with E-state index in [0.717, 1.165) is 10.1 Å². The van der Waals surface area contributed by atoms with E-state index in [4.69, 9.17) is 40.6 Å². The van der Waals surface area contributed by atoms with Crippen molar-refractivity contribution in [2.75, 3.05) is 32.2 Å². The predicted octanol–water partition coefficient (Wildman–Crippen LogP) is 5.42. The second kappa shape index (κ2) is 11.2. The molecule has 42 heavy (non-hydrogen) atoms. The molecule has 0 spiro atoms. The number of nitrogens with zero attached hydrogens (tertiary/aromatic N) is 4. The number of hydrogen-bond donors (Lipinski definition) is 2. The number of aliphatic hydroxyl groups is 1. The summed E-state index contributed by atoms with van der Waals surface area (Å²) in [5.41, 5.74) is 1.80. The van der Waals surface area contributed by atoms with E-state index in [1.165, 1.54) is 29.8 Å². The summed E-state index contributed by atoms with van der Waals surface area (Å²) >= 11 is 7.81. The van der Waals surface area contributed by atoms with Gasteiger partial charge in [0.1, 0.15) is 29.6 Å². The van der Waals surface area contributed by atoms with Crippen molar-refractivity contribution in [3.63, 3.8) is 0 Å². The lowest BCUT2D eigenvalue weighted by Crippen LogP contribution is -2.37. The summed E-state index contributed by atoms with van der Waals surface area (Å²) in [7, 11) is 1.57. The highest BCUT2D eigenvalue weighted by Gasteiger charge is 2.40. The van der Waals surface area contributed by atoms with Crippen LogP contribution < -0.4 is 19.5 Å². The molecule has 2 aromatic carbocycles. The SMILES string of the molecule is COc1cnc2c(-c3nc4cc(F)c5c(c4s3)CC(C)(COC(=O)Nc3cnc(OCCO)nc3)O5)cc(Cl)cc2c1. The number of aromatic nitrogens is 4. The number of rotatable bonds is 8. The first-order valence-electron chi connectivity index (χ1n) is 12.7. The van der Waals surface area contributed by atoms with Gasteiger partial charge in [0.05, 0.1) is 53.7 Å². The van der Waals surface area contributed by atoms with Crippen LogP contribution in [-0.4, -0.2) is 63.7 Å². The molecule has 1 aliphatic rings. The standard InChI is InChI=1S/C28H23ClFN5O6S/c1-28(13-40-27(37)34-16-10-32-26(33-11-16)39-4-3-36)9-19-23(41-28)20(30)8-21-24(19)42-25(35-21)18-7-15(29)5-14-6-17(38-2)12-31-22(14)18/h5-8,10-12,36H,3-4,9,13H2,1-2H3,(H,34,37). The first-order valence-corrected chi connectivity index (χ1v) is 13.9. The van der Waals surface area contributed by atoms with Crippen molar-refractivity contribution >= 4 is 55.8 Å².